The molecule has 1 N–H and O–H groups in total. The molecule has 2 rings (SSSR count). The molecule has 1 aromatic heterocycles. The first-order valence-corrected chi connectivity index (χ1v) is 6.05. The third-order valence-corrected chi connectivity index (χ3v) is 3.20. The van der Waals surface area contributed by atoms with Crippen LogP contribution in [-0.2, 0) is 13.0 Å². The summed E-state index contributed by atoms with van der Waals surface area (Å²) in [7, 11) is 0. The molecule has 0 saturated carbocycles. The summed E-state index contributed by atoms with van der Waals surface area (Å²) in [5, 5.41) is 7.96. The molecule has 0 aliphatic carbocycles. The topological polar surface area (TPSA) is 29.9 Å². The molecule has 1 fully saturated rings. The molecule has 84 valence electrons. The SMILES string of the molecule is CCn1cc(CC2CCCC(C)N2)cn1. The monoisotopic (exact) mass is 207 g/mol. The highest BCUT2D eigenvalue weighted by Gasteiger charge is 2.18. The second-order valence-electron chi connectivity index (χ2n) is 4.60. The van der Waals surface area contributed by atoms with Crippen LogP contribution in [-0.4, -0.2) is 21.9 Å². The van der Waals surface area contributed by atoms with E-state index in [-0.39, 0.29) is 0 Å². The molecule has 1 saturated heterocycles. The van der Waals surface area contributed by atoms with E-state index in [1.807, 2.05) is 10.9 Å². The first-order chi connectivity index (χ1) is 7.28. The predicted molar refractivity (Wildman–Crippen MR) is 61.8 cm³/mol. The number of piperidine rings is 1. The Morgan fingerprint density at radius 2 is 2.40 bits per heavy atom. The number of hydrogen-bond donors (Lipinski definition) is 1. The molecule has 1 aliphatic heterocycles. The highest BCUT2D eigenvalue weighted by atomic mass is 15.3. The fourth-order valence-electron chi connectivity index (χ4n) is 2.37. The molecule has 1 aromatic rings. The van der Waals surface area contributed by atoms with Gasteiger partial charge in [-0.25, -0.2) is 0 Å². The molecule has 3 heteroatoms. The van der Waals surface area contributed by atoms with Gasteiger partial charge in [0.1, 0.15) is 0 Å². The van der Waals surface area contributed by atoms with Crippen LogP contribution >= 0.6 is 0 Å². The van der Waals surface area contributed by atoms with Gasteiger partial charge in [0.05, 0.1) is 6.20 Å². The Bertz CT molecular complexity index is 306. The van der Waals surface area contributed by atoms with Crippen LogP contribution in [0.3, 0.4) is 0 Å². The maximum absolute atomic E-state index is 4.31. The zero-order valence-electron chi connectivity index (χ0n) is 9.74. The van der Waals surface area contributed by atoms with Crippen molar-refractivity contribution in [2.75, 3.05) is 0 Å². The largest absolute Gasteiger partial charge is 0.311 e. The molecule has 0 spiro atoms. The molecule has 3 nitrogen and oxygen atoms in total. The van der Waals surface area contributed by atoms with Crippen LogP contribution < -0.4 is 5.32 Å². The smallest absolute Gasteiger partial charge is 0.0522 e. The van der Waals surface area contributed by atoms with Gasteiger partial charge in [0.25, 0.3) is 0 Å². The zero-order valence-corrected chi connectivity index (χ0v) is 9.74. The molecule has 0 radical (unpaired) electrons. The molecule has 0 bridgehead atoms. The fourth-order valence-corrected chi connectivity index (χ4v) is 2.37. The number of nitrogens with one attached hydrogen (secondary N) is 1. The molecule has 1 aliphatic rings. The average Bonchev–Trinajstić information content (AvgIpc) is 2.65. The summed E-state index contributed by atoms with van der Waals surface area (Å²) in [4.78, 5) is 0. The summed E-state index contributed by atoms with van der Waals surface area (Å²) < 4.78 is 2.00. The van der Waals surface area contributed by atoms with Gasteiger partial charge in [-0.3, -0.25) is 4.68 Å². The highest BCUT2D eigenvalue weighted by molar-refractivity contribution is 5.06. The summed E-state index contributed by atoms with van der Waals surface area (Å²) in [6.07, 6.45) is 9.29. The third-order valence-electron chi connectivity index (χ3n) is 3.20. The maximum Gasteiger partial charge on any atom is 0.0522 e. The van der Waals surface area contributed by atoms with Crippen LogP contribution in [0.25, 0.3) is 0 Å². The Morgan fingerprint density at radius 1 is 1.53 bits per heavy atom. The van der Waals surface area contributed by atoms with E-state index < -0.39 is 0 Å². The summed E-state index contributed by atoms with van der Waals surface area (Å²) in [5.41, 5.74) is 1.36. The Kier molecular flexibility index (Phi) is 3.41. The van der Waals surface area contributed by atoms with Crippen molar-refractivity contribution in [1.82, 2.24) is 15.1 Å². The van der Waals surface area contributed by atoms with Gasteiger partial charge in [-0.2, -0.15) is 5.10 Å². The summed E-state index contributed by atoms with van der Waals surface area (Å²) in [6.45, 7) is 5.37. The summed E-state index contributed by atoms with van der Waals surface area (Å²) >= 11 is 0. The van der Waals surface area contributed by atoms with Crippen molar-refractivity contribution in [2.24, 2.45) is 0 Å². The van der Waals surface area contributed by atoms with Crippen molar-refractivity contribution < 1.29 is 0 Å². The molecule has 2 atom stereocenters. The van der Waals surface area contributed by atoms with Gasteiger partial charge >= 0.3 is 0 Å². The molecular formula is C12H21N3. The maximum atomic E-state index is 4.31. The molecule has 0 amide bonds. The minimum Gasteiger partial charge on any atom is -0.311 e. The minimum atomic E-state index is 0.656. The summed E-state index contributed by atoms with van der Waals surface area (Å²) in [6, 6.07) is 1.34. The van der Waals surface area contributed by atoms with Crippen molar-refractivity contribution in [3.8, 4) is 0 Å². The van der Waals surface area contributed by atoms with Crippen molar-refractivity contribution in [1.29, 1.82) is 0 Å². The average molecular weight is 207 g/mol. The first kappa shape index (κ1) is 10.7. The van der Waals surface area contributed by atoms with E-state index in [0.29, 0.717) is 12.1 Å². The van der Waals surface area contributed by atoms with E-state index in [4.69, 9.17) is 0 Å². The van der Waals surface area contributed by atoms with Crippen LogP contribution in [0, 0.1) is 0 Å². The lowest BCUT2D eigenvalue weighted by Crippen LogP contribution is -2.41. The van der Waals surface area contributed by atoms with Gasteiger partial charge in [-0.15, -0.1) is 0 Å². The molecule has 15 heavy (non-hydrogen) atoms. The number of hydrogen-bond acceptors (Lipinski definition) is 2. The van der Waals surface area contributed by atoms with Crippen molar-refractivity contribution in [2.45, 2.75) is 58.2 Å². The van der Waals surface area contributed by atoms with Crippen LogP contribution in [0.2, 0.25) is 0 Å². The zero-order chi connectivity index (χ0) is 10.7. The first-order valence-electron chi connectivity index (χ1n) is 6.05. The Morgan fingerprint density at radius 3 is 3.07 bits per heavy atom. The van der Waals surface area contributed by atoms with Gasteiger partial charge in [-0.1, -0.05) is 6.42 Å². The lowest BCUT2D eigenvalue weighted by atomic mass is 9.96. The Balaban J connectivity index is 1.90. The fraction of sp³-hybridized carbons (Fsp3) is 0.750. The van der Waals surface area contributed by atoms with E-state index in [2.05, 4.69) is 30.5 Å². The van der Waals surface area contributed by atoms with Gasteiger partial charge in [0.15, 0.2) is 0 Å². The van der Waals surface area contributed by atoms with Crippen molar-refractivity contribution >= 4 is 0 Å². The standard InChI is InChI=1S/C12H21N3/c1-3-15-9-11(8-13-15)7-12-6-4-5-10(2)14-12/h8-10,12,14H,3-7H2,1-2H3. The number of aromatic nitrogens is 2. The molecule has 0 aromatic carbocycles. The third kappa shape index (κ3) is 2.81. The minimum absolute atomic E-state index is 0.656. The number of aryl methyl sites for hydroxylation is 1. The van der Waals surface area contributed by atoms with Crippen molar-refractivity contribution in [3.05, 3.63) is 18.0 Å². The normalized spacial score (nSPS) is 26.8. The predicted octanol–water partition coefficient (Wildman–Crippen LogP) is 1.98. The van der Waals surface area contributed by atoms with Crippen molar-refractivity contribution in [3.63, 3.8) is 0 Å². The van der Waals surface area contributed by atoms with Crippen LogP contribution in [0.4, 0.5) is 0 Å². The summed E-state index contributed by atoms with van der Waals surface area (Å²) in [5.74, 6) is 0. The van der Waals surface area contributed by atoms with Crippen LogP contribution in [0.15, 0.2) is 12.4 Å². The van der Waals surface area contributed by atoms with E-state index >= 15 is 0 Å². The Hall–Kier alpha value is -0.830. The quantitative estimate of drug-likeness (QED) is 0.821. The van der Waals surface area contributed by atoms with E-state index in [0.717, 1.165) is 13.0 Å². The Labute approximate surface area is 91.9 Å². The van der Waals surface area contributed by atoms with Gasteiger partial charge in [-0.05, 0) is 38.7 Å². The lowest BCUT2D eigenvalue weighted by Gasteiger charge is -2.28. The molecular weight excluding hydrogens is 186 g/mol. The van der Waals surface area contributed by atoms with Gasteiger partial charge < -0.3 is 5.32 Å². The van der Waals surface area contributed by atoms with E-state index in [9.17, 15) is 0 Å². The number of nitrogens with zero attached hydrogens (tertiary/aromatic N) is 2. The second-order valence-corrected chi connectivity index (χ2v) is 4.60. The highest BCUT2D eigenvalue weighted by Crippen LogP contribution is 2.15. The number of rotatable bonds is 3. The van der Waals surface area contributed by atoms with Gasteiger partial charge in [0.2, 0.25) is 0 Å². The van der Waals surface area contributed by atoms with E-state index in [1.54, 1.807) is 0 Å². The van der Waals surface area contributed by atoms with Gasteiger partial charge in [0, 0.05) is 24.8 Å². The molecule has 2 heterocycles. The van der Waals surface area contributed by atoms with E-state index in [1.165, 1.54) is 24.8 Å². The second kappa shape index (κ2) is 4.79. The van der Waals surface area contributed by atoms with Crippen LogP contribution in [0.1, 0.15) is 38.7 Å². The van der Waals surface area contributed by atoms with Crippen LogP contribution in [0.5, 0.6) is 0 Å². The lowest BCUT2D eigenvalue weighted by molar-refractivity contribution is 0.333. The molecule has 2 unspecified atom stereocenters.